The van der Waals surface area contributed by atoms with Gasteiger partial charge in [0.1, 0.15) is 5.54 Å². The highest BCUT2D eigenvalue weighted by atomic mass is 32.2. The fourth-order valence-electron chi connectivity index (χ4n) is 1.82. The summed E-state index contributed by atoms with van der Waals surface area (Å²) in [4.78, 5) is 12.1. The summed E-state index contributed by atoms with van der Waals surface area (Å²) in [6.45, 7) is 5.52. The minimum Gasteiger partial charge on any atom is -0.461 e. The first kappa shape index (κ1) is 17.1. The van der Waals surface area contributed by atoms with Crippen molar-refractivity contribution in [3.63, 3.8) is 0 Å². The molecule has 0 radical (unpaired) electrons. The Balaban J connectivity index is 1.99. The van der Waals surface area contributed by atoms with Gasteiger partial charge >= 0.3 is 0 Å². The maximum absolute atomic E-state index is 12.1. The summed E-state index contributed by atoms with van der Waals surface area (Å²) < 4.78 is 7.06. The van der Waals surface area contributed by atoms with Crippen molar-refractivity contribution in [2.24, 2.45) is 13.0 Å². The molecule has 2 aromatic heterocycles. The molecule has 1 N–H and O–H groups in total. The van der Waals surface area contributed by atoms with Crippen LogP contribution in [0.2, 0.25) is 0 Å². The van der Waals surface area contributed by atoms with Gasteiger partial charge in [-0.15, -0.1) is 10.2 Å². The second-order valence-corrected chi connectivity index (χ2v) is 6.59. The first-order chi connectivity index (χ1) is 10.9. The van der Waals surface area contributed by atoms with Crippen LogP contribution in [0.1, 0.15) is 20.8 Å². The summed E-state index contributed by atoms with van der Waals surface area (Å²) in [5.41, 5.74) is -0.878. The minimum atomic E-state index is -0.878. The third kappa shape index (κ3) is 3.74. The summed E-state index contributed by atoms with van der Waals surface area (Å²) in [5, 5.41) is 20.7. The van der Waals surface area contributed by atoms with Crippen LogP contribution in [0.4, 0.5) is 0 Å². The Hall–Kier alpha value is -2.27. The molecule has 1 atom stereocenters. The Morgan fingerprint density at radius 3 is 2.87 bits per heavy atom. The summed E-state index contributed by atoms with van der Waals surface area (Å²) in [6, 6.07) is 5.73. The highest BCUT2D eigenvalue weighted by molar-refractivity contribution is 7.99. The molecule has 2 rings (SSSR count). The molecule has 2 aromatic rings. The number of furan rings is 1. The van der Waals surface area contributed by atoms with Gasteiger partial charge in [-0.2, -0.15) is 5.26 Å². The molecule has 0 aliphatic heterocycles. The first-order valence-corrected chi connectivity index (χ1v) is 8.14. The number of carbonyl (C=O) groups is 1. The maximum Gasteiger partial charge on any atom is 0.231 e. The molecule has 1 unspecified atom stereocenters. The minimum absolute atomic E-state index is 0.0156. The van der Waals surface area contributed by atoms with E-state index in [4.69, 9.17) is 4.42 Å². The average Bonchev–Trinajstić information content (AvgIpc) is 3.14. The van der Waals surface area contributed by atoms with E-state index in [9.17, 15) is 10.1 Å². The molecular formula is C15H19N5O2S. The second-order valence-electron chi connectivity index (χ2n) is 5.65. The van der Waals surface area contributed by atoms with Crippen molar-refractivity contribution in [2.75, 3.05) is 5.75 Å². The molecule has 0 aromatic carbocycles. The van der Waals surface area contributed by atoms with Gasteiger partial charge in [0, 0.05) is 7.05 Å². The van der Waals surface area contributed by atoms with Gasteiger partial charge < -0.3 is 14.3 Å². The molecule has 0 aliphatic rings. The number of carbonyl (C=O) groups excluding carboxylic acids is 1. The number of nitrogens with one attached hydrogen (secondary N) is 1. The topological polar surface area (TPSA) is 96.7 Å². The van der Waals surface area contributed by atoms with Crippen LogP contribution >= 0.6 is 11.8 Å². The number of amides is 1. The standard InChI is InChI=1S/C15H19N5O2S/c1-10(2)15(3,9-16)17-12(21)8-23-14-19-18-13(20(14)4)11-6-5-7-22-11/h5-7,10H,8H2,1-4H3,(H,17,21). The Kier molecular flexibility index (Phi) is 5.11. The Bertz CT molecular complexity index is 717. The lowest BCUT2D eigenvalue weighted by molar-refractivity contribution is -0.120. The Morgan fingerprint density at radius 2 is 2.30 bits per heavy atom. The smallest absolute Gasteiger partial charge is 0.231 e. The molecule has 2 heterocycles. The molecule has 0 spiro atoms. The van der Waals surface area contributed by atoms with E-state index >= 15 is 0 Å². The van der Waals surface area contributed by atoms with Crippen molar-refractivity contribution < 1.29 is 9.21 Å². The van der Waals surface area contributed by atoms with E-state index in [1.54, 1.807) is 29.9 Å². The largest absolute Gasteiger partial charge is 0.461 e. The number of nitrogens with zero attached hydrogens (tertiary/aromatic N) is 4. The number of hydrogen-bond acceptors (Lipinski definition) is 6. The van der Waals surface area contributed by atoms with Crippen LogP contribution in [0.15, 0.2) is 28.0 Å². The van der Waals surface area contributed by atoms with Crippen molar-refractivity contribution in [1.29, 1.82) is 5.26 Å². The molecule has 0 fully saturated rings. The molecule has 23 heavy (non-hydrogen) atoms. The van der Waals surface area contributed by atoms with Gasteiger partial charge in [0.2, 0.25) is 5.91 Å². The third-order valence-corrected chi connectivity index (χ3v) is 4.72. The van der Waals surface area contributed by atoms with Gasteiger partial charge in [-0.05, 0) is 25.0 Å². The molecule has 0 saturated heterocycles. The number of nitriles is 1. The lowest BCUT2D eigenvalue weighted by Crippen LogP contribution is -2.49. The van der Waals surface area contributed by atoms with Crippen LogP contribution in [0.25, 0.3) is 11.6 Å². The highest BCUT2D eigenvalue weighted by Gasteiger charge is 2.30. The Labute approximate surface area is 139 Å². The number of hydrogen-bond donors (Lipinski definition) is 1. The average molecular weight is 333 g/mol. The summed E-state index contributed by atoms with van der Waals surface area (Å²) in [7, 11) is 1.81. The van der Waals surface area contributed by atoms with E-state index in [2.05, 4.69) is 21.6 Å². The predicted octanol–water partition coefficient (Wildman–Crippen LogP) is 2.22. The van der Waals surface area contributed by atoms with E-state index in [1.807, 2.05) is 20.9 Å². The van der Waals surface area contributed by atoms with Gasteiger partial charge in [0.25, 0.3) is 0 Å². The lowest BCUT2D eigenvalue weighted by atomic mass is 9.90. The van der Waals surface area contributed by atoms with Crippen molar-refractivity contribution in [3.05, 3.63) is 18.4 Å². The zero-order valence-electron chi connectivity index (χ0n) is 13.5. The van der Waals surface area contributed by atoms with Crippen LogP contribution in [-0.2, 0) is 11.8 Å². The number of aromatic nitrogens is 3. The van der Waals surface area contributed by atoms with Gasteiger partial charge in [-0.25, -0.2) is 0 Å². The second kappa shape index (κ2) is 6.87. The summed E-state index contributed by atoms with van der Waals surface area (Å²) in [5.74, 6) is 1.18. The van der Waals surface area contributed by atoms with Crippen LogP contribution in [0, 0.1) is 17.2 Å². The summed E-state index contributed by atoms with van der Waals surface area (Å²) >= 11 is 1.26. The SMILES string of the molecule is CC(C)C(C)(C#N)NC(=O)CSc1nnc(-c2ccco2)n1C. The van der Waals surface area contributed by atoms with Crippen LogP contribution in [0.5, 0.6) is 0 Å². The monoisotopic (exact) mass is 333 g/mol. The third-order valence-electron chi connectivity index (χ3n) is 3.69. The quantitative estimate of drug-likeness (QED) is 0.814. The predicted molar refractivity (Wildman–Crippen MR) is 86.4 cm³/mol. The van der Waals surface area contributed by atoms with Crippen molar-refractivity contribution in [3.8, 4) is 17.7 Å². The number of thioether (sulfide) groups is 1. The maximum atomic E-state index is 12.1. The molecule has 0 aliphatic carbocycles. The van der Waals surface area contributed by atoms with E-state index < -0.39 is 5.54 Å². The normalized spacial score (nSPS) is 13.6. The van der Waals surface area contributed by atoms with Crippen LogP contribution < -0.4 is 5.32 Å². The van der Waals surface area contributed by atoms with Crippen molar-refractivity contribution in [1.82, 2.24) is 20.1 Å². The van der Waals surface area contributed by atoms with E-state index in [1.165, 1.54) is 11.8 Å². The van der Waals surface area contributed by atoms with E-state index in [0.717, 1.165) is 0 Å². The summed E-state index contributed by atoms with van der Waals surface area (Å²) in [6.07, 6.45) is 1.57. The van der Waals surface area contributed by atoms with Crippen LogP contribution in [0.3, 0.4) is 0 Å². The van der Waals surface area contributed by atoms with Gasteiger partial charge in [-0.1, -0.05) is 25.6 Å². The van der Waals surface area contributed by atoms with E-state index in [-0.39, 0.29) is 17.6 Å². The van der Waals surface area contributed by atoms with Crippen molar-refractivity contribution >= 4 is 17.7 Å². The molecule has 0 bridgehead atoms. The fourth-order valence-corrected chi connectivity index (χ4v) is 2.53. The molecular weight excluding hydrogens is 314 g/mol. The van der Waals surface area contributed by atoms with Gasteiger partial charge in [-0.3, -0.25) is 4.79 Å². The lowest BCUT2D eigenvalue weighted by Gasteiger charge is -2.27. The fraction of sp³-hybridized carbons (Fsp3) is 0.467. The highest BCUT2D eigenvalue weighted by Crippen LogP contribution is 2.23. The van der Waals surface area contributed by atoms with Gasteiger partial charge in [0.15, 0.2) is 16.7 Å². The van der Waals surface area contributed by atoms with Crippen molar-refractivity contribution in [2.45, 2.75) is 31.5 Å². The molecule has 1 amide bonds. The first-order valence-electron chi connectivity index (χ1n) is 7.15. The van der Waals surface area contributed by atoms with Crippen LogP contribution in [-0.4, -0.2) is 32.0 Å². The van der Waals surface area contributed by atoms with Gasteiger partial charge in [0.05, 0.1) is 18.1 Å². The molecule has 0 saturated carbocycles. The van der Waals surface area contributed by atoms with E-state index in [0.29, 0.717) is 16.7 Å². The Morgan fingerprint density at radius 1 is 1.57 bits per heavy atom. The zero-order valence-corrected chi connectivity index (χ0v) is 14.3. The number of rotatable bonds is 6. The molecule has 7 nitrogen and oxygen atoms in total. The molecule has 8 heteroatoms. The molecule has 122 valence electrons. The zero-order chi connectivity index (χ0) is 17.0.